The van der Waals surface area contributed by atoms with E-state index in [1.54, 1.807) is 24.5 Å². The fourth-order valence-corrected chi connectivity index (χ4v) is 2.73. The van der Waals surface area contributed by atoms with Crippen LogP contribution in [0.25, 0.3) is 10.8 Å². The van der Waals surface area contributed by atoms with Crippen LogP contribution < -0.4 is 5.32 Å². The average molecular weight is 272 g/mol. The van der Waals surface area contributed by atoms with Gasteiger partial charge in [0, 0.05) is 42.1 Å². The molecule has 1 N–H and O–H groups in total. The van der Waals surface area contributed by atoms with Crippen molar-refractivity contribution in [2.45, 2.75) is 12.5 Å². The summed E-state index contributed by atoms with van der Waals surface area (Å²) in [6, 6.07) is 5.55. The van der Waals surface area contributed by atoms with Gasteiger partial charge in [-0.15, -0.1) is 0 Å². The Morgan fingerprint density at radius 1 is 1.40 bits per heavy atom. The summed E-state index contributed by atoms with van der Waals surface area (Å²) in [5, 5.41) is 16.0. The first-order valence-electron chi connectivity index (χ1n) is 6.61. The first-order chi connectivity index (χ1) is 9.65. The second kappa shape index (κ2) is 5.05. The number of nitrogens with zero attached hydrogens (tertiary/aromatic N) is 3. The van der Waals surface area contributed by atoms with Crippen LogP contribution in [-0.4, -0.2) is 41.0 Å². The fourth-order valence-electron chi connectivity index (χ4n) is 2.73. The molecule has 6 heteroatoms. The standard InChI is InChI=1S/C14H16N4O2/c1-17-7-5-10(9-17)16-13-2-3-14(18(19)20)12-8-15-6-4-11(12)13/h2-4,6,8,10,16H,5,7,9H2,1H3. The van der Waals surface area contributed by atoms with Gasteiger partial charge in [-0.05, 0) is 32.1 Å². The Hall–Kier alpha value is -2.21. The van der Waals surface area contributed by atoms with E-state index in [9.17, 15) is 10.1 Å². The van der Waals surface area contributed by atoms with E-state index in [1.807, 2.05) is 6.07 Å². The zero-order chi connectivity index (χ0) is 14.1. The largest absolute Gasteiger partial charge is 0.380 e. The predicted molar refractivity (Wildman–Crippen MR) is 77.9 cm³/mol. The topological polar surface area (TPSA) is 71.3 Å². The van der Waals surface area contributed by atoms with Gasteiger partial charge in [0.2, 0.25) is 0 Å². The van der Waals surface area contributed by atoms with Crippen molar-refractivity contribution in [3.63, 3.8) is 0 Å². The zero-order valence-corrected chi connectivity index (χ0v) is 11.2. The van der Waals surface area contributed by atoms with E-state index in [1.165, 1.54) is 0 Å². The molecule has 1 aliphatic heterocycles. The van der Waals surface area contributed by atoms with Gasteiger partial charge in [0.15, 0.2) is 0 Å². The quantitative estimate of drug-likeness (QED) is 0.685. The molecule has 104 valence electrons. The maximum Gasteiger partial charge on any atom is 0.278 e. The van der Waals surface area contributed by atoms with Gasteiger partial charge in [-0.25, -0.2) is 0 Å². The second-order valence-electron chi connectivity index (χ2n) is 5.20. The van der Waals surface area contributed by atoms with E-state index in [2.05, 4.69) is 22.2 Å². The van der Waals surface area contributed by atoms with Gasteiger partial charge in [0.05, 0.1) is 10.3 Å². The Kier molecular flexibility index (Phi) is 3.23. The van der Waals surface area contributed by atoms with Crippen molar-refractivity contribution in [1.29, 1.82) is 0 Å². The van der Waals surface area contributed by atoms with Crippen molar-refractivity contribution in [2.24, 2.45) is 0 Å². The summed E-state index contributed by atoms with van der Waals surface area (Å²) in [5.74, 6) is 0. The number of hydrogen-bond donors (Lipinski definition) is 1. The van der Waals surface area contributed by atoms with Gasteiger partial charge >= 0.3 is 0 Å². The second-order valence-corrected chi connectivity index (χ2v) is 5.20. The first-order valence-corrected chi connectivity index (χ1v) is 6.61. The highest BCUT2D eigenvalue weighted by Crippen LogP contribution is 2.31. The van der Waals surface area contributed by atoms with Gasteiger partial charge in [-0.2, -0.15) is 0 Å². The lowest BCUT2D eigenvalue weighted by atomic mass is 10.1. The number of likely N-dealkylation sites (N-methyl/N-ethyl adjacent to an activating group) is 1. The molecular formula is C14H16N4O2. The molecule has 1 fully saturated rings. The number of anilines is 1. The van der Waals surface area contributed by atoms with Crippen molar-refractivity contribution in [3.8, 4) is 0 Å². The van der Waals surface area contributed by atoms with E-state index in [0.29, 0.717) is 11.4 Å². The van der Waals surface area contributed by atoms with E-state index >= 15 is 0 Å². The lowest BCUT2D eigenvalue weighted by molar-refractivity contribution is -0.383. The number of nitrogens with one attached hydrogen (secondary N) is 1. The summed E-state index contributed by atoms with van der Waals surface area (Å²) in [7, 11) is 2.10. The summed E-state index contributed by atoms with van der Waals surface area (Å²) in [4.78, 5) is 17.0. The third kappa shape index (κ3) is 2.30. The number of benzene rings is 1. The lowest BCUT2D eigenvalue weighted by Crippen LogP contribution is -2.23. The smallest absolute Gasteiger partial charge is 0.278 e. The highest BCUT2D eigenvalue weighted by molar-refractivity contribution is 5.99. The molecule has 1 aromatic carbocycles. The number of likely N-dealkylation sites (tertiary alicyclic amines) is 1. The van der Waals surface area contributed by atoms with E-state index in [0.717, 1.165) is 30.6 Å². The number of hydrogen-bond acceptors (Lipinski definition) is 5. The Morgan fingerprint density at radius 3 is 2.95 bits per heavy atom. The normalized spacial score (nSPS) is 19.4. The molecule has 1 saturated heterocycles. The van der Waals surface area contributed by atoms with Crippen LogP contribution in [0.2, 0.25) is 0 Å². The van der Waals surface area contributed by atoms with Crippen LogP contribution in [0.4, 0.5) is 11.4 Å². The number of nitro benzene ring substituents is 1. The molecule has 1 aliphatic rings. The van der Waals surface area contributed by atoms with Crippen molar-refractivity contribution in [2.75, 3.05) is 25.5 Å². The molecule has 0 radical (unpaired) electrons. The summed E-state index contributed by atoms with van der Waals surface area (Å²) in [6.07, 6.45) is 4.30. The number of nitro groups is 1. The molecule has 0 bridgehead atoms. The van der Waals surface area contributed by atoms with Crippen molar-refractivity contribution >= 4 is 22.1 Å². The van der Waals surface area contributed by atoms with E-state index in [-0.39, 0.29) is 10.6 Å². The Morgan fingerprint density at radius 2 is 2.25 bits per heavy atom. The fraction of sp³-hybridized carbons (Fsp3) is 0.357. The minimum Gasteiger partial charge on any atom is -0.380 e. The monoisotopic (exact) mass is 272 g/mol. The zero-order valence-electron chi connectivity index (χ0n) is 11.2. The molecule has 3 rings (SSSR count). The van der Waals surface area contributed by atoms with Gasteiger partial charge in [0.25, 0.3) is 5.69 Å². The maximum absolute atomic E-state index is 11.1. The lowest BCUT2D eigenvalue weighted by Gasteiger charge is -2.16. The first kappa shape index (κ1) is 12.8. The molecule has 1 aromatic heterocycles. The van der Waals surface area contributed by atoms with Gasteiger partial charge in [-0.1, -0.05) is 0 Å². The molecule has 0 aliphatic carbocycles. The molecule has 0 saturated carbocycles. The minimum absolute atomic E-state index is 0.0992. The number of rotatable bonds is 3. The highest BCUT2D eigenvalue weighted by atomic mass is 16.6. The molecule has 20 heavy (non-hydrogen) atoms. The highest BCUT2D eigenvalue weighted by Gasteiger charge is 2.21. The summed E-state index contributed by atoms with van der Waals surface area (Å²) in [6.45, 7) is 2.06. The van der Waals surface area contributed by atoms with Gasteiger partial charge in [0.1, 0.15) is 0 Å². The maximum atomic E-state index is 11.1. The van der Waals surface area contributed by atoms with Gasteiger partial charge < -0.3 is 10.2 Å². The Bertz CT molecular complexity index is 659. The SMILES string of the molecule is CN1CCC(Nc2ccc([N+](=O)[O-])c3cnccc23)C1. The third-order valence-corrected chi connectivity index (χ3v) is 3.74. The van der Waals surface area contributed by atoms with Crippen LogP contribution in [0.5, 0.6) is 0 Å². The molecule has 1 atom stereocenters. The van der Waals surface area contributed by atoms with Gasteiger partial charge in [-0.3, -0.25) is 15.1 Å². The van der Waals surface area contributed by atoms with Crippen molar-refractivity contribution in [3.05, 3.63) is 40.7 Å². The molecule has 0 spiro atoms. The Labute approximate surface area is 116 Å². The van der Waals surface area contributed by atoms with Crippen LogP contribution in [0.1, 0.15) is 6.42 Å². The van der Waals surface area contributed by atoms with E-state index in [4.69, 9.17) is 0 Å². The number of aromatic nitrogens is 1. The molecule has 6 nitrogen and oxygen atoms in total. The van der Waals surface area contributed by atoms with Crippen molar-refractivity contribution in [1.82, 2.24) is 9.88 Å². The Balaban J connectivity index is 2.00. The van der Waals surface area contributed by atoms with Crippen LogP contribution in [0, 0.1) is 10.1 Å². The van der Waals surface area contributed by atoms with Crippen LogP contribution in [0.3, 0.4) is 0 Å². The predicted octanol–water partition coefficient (Wildman–Crippen LogP) is 2.26. The van der Waals surface area contributed by atoms with Crippen LogP contribution >= 0.6 is 0 Å². The summed E-state index contributed by atoms with van der Waals surface area (Å²) >= 11 is 0. The molecule has 1 unspecified atom stereocenters. The number of fused-ring (bicyclic) bond motifs is 1. The number of pyridine rings is 1. The summed E-state index contributed by atoms with van der Waals surface area (Å²) in [5.41, 5.74) is 1.04. The molecule has 2 aromatic rings. The van der Waals surface area contributed by atoms with E-state index < -0.39 is 0 Å². The van der Waals surface area contributed by atoms with Crippen molar-refractivity contribution < 1.29 is 4.92 Å². The minimum atomic E-state index is -0.364. The van der Waals surface area contributed by atoms with Crippen LogP contribution in [-0.2, 0) is 0 Å². The third-order valence-electron chi connectivity index (χ3n) is 3.74. The summed E-state index contributed by atoms with van der Waals surface area (Å²) < 4.78 is 0. The van der Waals surface area contributed by atoms with Crippen LogP contribution in [0.15, 0.2) is 30.6 Å². The number of non-ortho nitro benzene ring substituents is 1. The molecule has 2 heterocycles. The molecular weight excluding hydrogens is 256 g/mol. The average Bonchev–Trinajstić information content (AvgIpc) is 2.84. The molecule has 0 amide bonds.